The van der Waals surface area contributed by atoms with Gasteiger partial charge in [-0.3, -0.25) is 0 Å². The van der Waals surface area contributed by atoms with Crippen molar-refractivity contribution in [1.82, 2.24) is 9.55 Å². The smallest absolute Gasteiger partial charge is 0.0953 e. The summed E-state index contributed by atoms with van der Waals surface area (Å²) < 4.78 is 2.32. The van der Waals surface area contributed by atoms with E-state index in [0.29, 0.717) is 11.8 Å². The average Bonchev–Trinajstić information content (AvgIpc) is 3.06. The lowest BCUT2D eigenvalue weighted by atomic mass is 9.91. The molecule has 5 rings (SSSR count). The molecule has 3 aromatic carbocycles. The topological polar surface area (TPSA) is 17.8 Å². The van der Waals surface area contributed by atoms with Crippen LogP contribution in [0.2, 0.25) is 0 Å². The Morgan fingerprint density at radius 2 is 1.33 bits per heavy atom. The van der Waals surface area contributed by atoms with Crippen LogP contribution in [0, 0.1) is 0 Å². The van der Waals surface area contributed by atoms with Gasteiger partial charge in [0.15, 0.2) is 0 Å². The van der Waals surface area contributed by atoms with E-state index in [4.69, 9.17) is 4.98 Å². The minimum Gasteiger partial charge on any atom is -0.342 e. The van der Waals surface area contributed by atoms with E-state index >= 15 is 0 Å². The summed E-state index contributed by atoms with van der Waals surface area (Å²) in [5, 5.41) is 3.81. The molecule has 0 aliphatic rings. The second-order valence-electron chi connectivity index (χ2n) is 8.98. The Morgan fingerprint density at radius 3 is 2.00 bits per heavy atom. The number of nitrogens with zero attached hydrogens (tertiary/aromatic N) is 2. The molecule has 2 nitrogen and oxygen atoms in total. The molecule has 0 fully saturated rings. The highest BCUT2D eigenvalue weighted by atomic mass is 15.0. The van der Waals surface area contributed by atoms with Gasteiger partial charge in [-0.25, -0.2) is 4.98 Å². The van der Waals surface area contributed by atoms with Gasteiger partial charge in [0.05, 0.1) is 16.7 Å². The molecule has 0 bridgehead atoms. The van der Waals surface area contributed by atoms with Crippen molar-refractivity contribution in [3.8, 4) is 11.3 Å². The molecule has 0 saturated heterocycles. The van der Waals surface area contributed by atoms with Crippen LogP contribution in [0.3, 0.4) is 0 Å². The second kappa shape index (κ2) is 6.98. The number of para-hydroxylation sites is 2. The first-order valence-electron chi connectivity index (χ1n) is 10.9. The summed E-state index contributed by atoms with van der Waals surface area (Å²) in [5.74, 6) is 0.955. The molecular weight excluding hydrogens is 364 g/mol. The van der Waals surface area contributed by atoms with Gasteiger partial charge < -0.3 is 4.57 Å². The van der Waals surface area contributed by atoms with Crippen molar-refractivity contribution in [1.29, 1.82) is 0 Å². The lowest BCUT2D eigenvalue weighted by Gasteiger charge is -2.16. The Balaban J connectivity index is 1.97. The fourth-order valence-corrected chi connectivity index (χ4v) is 4.58. The van der Waals surface area contributed by atoms with Crippen molar-refractivity contribution in [2.75, 3.05) is 0 Å². The highest BCUT2D eigenvalue weighted by molar-refractivity contribution is 6.22. The third-order valence-corrected chi connectivity index (χ3v) is 6.32. The molecule has 30 heavy (non-hydrogen) atoms. The fraction of sp³-hybridized carbons (Fsp3) is 0.250. The number of rotatable bonds is 3. The molecule has 0 radical (unpaired) electrons. The maximum atomic E-state index is 5.21. The van der Waals surface area contributed by atoms with E-state index in [1.54, 1.807) is 0 Å². The van der Waals surface area contributed by atoms with E-state index in [2.05, 4.69) is 106 Å². The van der Waals surface area contributed by atoms with Gasteiger partial charge in [-0.1, -0.05) is 70.2 Å². The van der Waals surface area contributed by atoms with Gasteiger partial charge in [0, 0.05) is 34.3 Å². The third kappa shape index (κ3) is 2.82. The van der Waals surface area contributed by atoms with Crippen LogP contribution in [0.4, 0.5) is 0 Å². The third-order valence-electron chi connectivity index (χ3n) is 6.32. The van der Waals surface area contributed by atoms with Gasteiger partial charge in [-0.2, -0.15) is 0 Å². The van der Waals surface area contributed by atoms with Gasteiger partial charge in [0.25, 0.3) is 0 Å². The Kier molecular flexibility index (Phi) is 4.39. The summed E-state index contributed by atoms with van der Waals surface area (Å²) in [6, 6.07) is 24.3. The summed E-state index contributed by atoms with van der Waals surface area (Å²) in [6.45, 7) is 9.07. The van der Waals surface area contributed by atoms with Crippen LogP contribution in [-0.2, 0) is 7.05 Å². The van der Waals surface area contributed by atoms with Crippen LogP contribution in [-0.4, -0.2) is 9.55 Å². The van der Waals surface area contributed by atoms with Gasteiger partial charge in [-0.05, 0) is 47.2 Å². The van der Waals surface area contributed by atoms with Crippen LogP contribution in [0.5, 0.6) is 0 Å². The van der Waals surface area contributed by atoms with Gasteiger partial charge >= 0.3 is 0 Å². The normalized spacial score (nSPS) is 12.1. The Hall–Kier alpha value is -3.13. The maximum absolute atomic E-state index is 5.21. The van der Waals surface area contributed by atoms with Crippen molar-refractivity contribution in [2.24, 2.45) is 7.05 Å². The van der Waals surface area contributed by atoms with Crippen LogP contribution in [0.25, 0.3) is 44.0 Å². The number of pyridine rings is 1. The number of hydrogen-bond acceptors (Lipinski definition) is 1. The molecule has 0 spiro atoms. The number of aryl methyl sites for hydroxylation is 1. The summed E-state index contributed by atoms with van der Waals surface area (Å²) in [5.41, 5.74) is 8.55. The van der Waals surface area contributed by atoms with E-state index in [0.717, 1.165) is 11.2 Å². The summed E-state index contributed by atoms with van der Waals surface area (Å²) in [6.07, 6.45) is 0. The molecule has 0 N–H and O–H groups in total. The lowest BCUT2D eigenvalue weighted by Crippen LogP contribution is -1.98. The molecule has 0 aliphatic heterocycles. The highest BCUT2D eigenvalue weighted by Crippen LogP contribution is 2.39. The van der Waals surface area contributed by atoms with Crippen molar-refractivity contribution in [3.05, 3.63) is 77.9 Å². The minimum atomic E-state index is 0.478. The Bertz CT molecular complexity index is 1380. The van der Waals surface area contributed by atoms with Gasteiger partial charge in [-0.15, -0.1) is 0 Å². The van der Waals surface area contributed by atoms with Crippen molar-refractivity contribution < 1.29 is 0 Å². The Morgan fingerprint density at radius 1 is 0.733 bits per heavy atom. The van der Waals surface area contributed by atoms with E-state index in [1.807, 2.05) is 0 Å². The van der Waals surface area contributed by atoms with Crippen LogP contribution < -0.4 is 0 Å². The SMILES string of the molecule is CC(C)c1cc(-c2nc3ccccc3c3c4ccccc4n(C)c23)cc(C(C)C)c1. The molecule has 5 aromatic rings. The molecule has 2 heterocycles. The molecular formula is C28H28N2. The Labute approximate surface area is 178 Å². The summed E-state index contributed by atoms with van der Waals surface area (Å²) in [7, 11) is 2.17. The number of fused-ring (bicyclic) bond motifs is 5. The average molecular weight is 393 g/mol. The quantitative estimate of drug-likeness (QED) is 0.306. The molecule has 2 aromatic heterocycles. The second-order valence-corrected chi connectivity index (χ2v) is 8.98. The first-order valence-corrected chi connectivity index (χ1v) is 10.9. The molecule has 0 unspecified atom stereocenters. The molecule has 2 heteroatoms. The van der Waals surface area contributed by atoms with Gasteiger partial charge in [0.1, 0.15) is 0 Å². The summed E-state index contributed by atoms with van der Waals surface area (Å²) in [4.78, 5) is 5.21. The molecule has 0 amide bonds. The monoisotopic (exact) mass is 392 g/mol. The largest absolute Gasteiger partial charge is 0.342 e. The predicted molar refractivity (Wildman–Crippen MR) is 129 cm³/mol. The lowest BCUT2D eigenvalue weighted by molar-refractivity contribution is 0.834. The van der Waals surface area contributed by atoms with E-state index in [1.165, 1.54) is 43.9 Å². The van der Waals surface area contributed by atoms with E-state index in [-0.39, 0.29) is 0 Å². The van der Waals surface area contributed by atoms with E-state index in [9.17, 15) is 0 Å². The van der Waals surface area contributed by atoms with Crippen LogP contribution in [0.1, 0.15) is 50.7 Å². The molecule has 0 saturated carbocycles. The van der Waals surface area contributed by atoms with E-state index < -0.39 is 0 Å². The first-order chi connectivity index (χ1) is 14.5. The van der Waals surface area contributed by atoms with Crippen molar-refractivity contribution >= 4 is 32.7 Å². The maximum Gasteiger partial charge on any atom is 0.0953 e. The fourth-order valence-electron chi connectivity index (χ4n) is 4.58. The summed E-state index contributed by atoms with van der Waals surface area (Å²) >= 11 is 0. The van der Waals surface area contributed by atoms with Crippen molar-refractivity contribution in [2.45, 2.75) is 39.5 Å². The van der Waals surface area contributed by atoms with Crippen molar-refractivity contribution in [3.63, 3.8) is 0 Å². The zero-order chi connectivity index (χ0) is 21.0. The van der Waals surface area contributed by atoms with Gasteiger partial charge in [0.2, 0.25) is 0 Å². The minimum absolute atomic E-state index is 0.478. The first kappa shape index (κ1) is 18.9. The zero-order valence-corrected chi connectivity index (χ0v) is 18.4. The zero-order valence-electron chi connectivity index (χ0n) is 18.4. The molecule has 150 valence electrons. The predicted octanol–water partition coefficient (Wildman–Crippen LogP) is 7.79. The number of benzene rings is 3. The standard InChI is InChI=1S/C28H28N2/c1-17(2)19-14-20(18(3)4)16-21(15-19)27-28-26(22-10-6-8-12-24(22)29-27)23-11-7-9-13-25(23)30(28)5/h6-18H,1-5H3. The highest BCUT2D eigenvalue weighted by Gasteiger charge is 2.19. The van der Waals surface area contributed by atoms with Crippen LogP contribution >= 0.6 is 0 Å². The number of hydrogen-bond donors (Lipinski definition) is 0. The number of aromatic nitrogens is 2. The molecule has 0 atom stereocenters. The van der Waals surface area contributed by atoms with Crippen LogP contribution in [0.15, 0.2) is 66.7 Å². The molecule has 0 aliphatic carbocycles.